The first kappa shape index (κ1) is 23.9. The number of methoxy groups -OCH3 is 1. The van der Waals surface area contributed by atoms with E-state index in [9.17, 15) is 9.90 Å². The number of pyridine rings is 1. The summed E-state index contributed by atoms with van der Waals surface area (Å²) in [5.74, 6) is -0.822. The maximum atomic E-state index is 12.1. The van der Waals surface area contributed by atoms with E-state index in [1.807, 2.05) is 29.2 Å². The number of fused-ring (bicyclic) bond motifs is 1. The lowest BCUT2D eigenvalue weighted by Gasteiger charge is -2.26. The Morgan fingerprint density at radius 3 is 2.88 bits per heavy atom. The number of aryl methyl sites for hydroxylation is 3. The Kier molecular flexibility index (Phi) is 8.48. The van der Waals surface area contributed by atoms with E-state index >= 15 is 0 Å². The third-order valence-electron chi connectivity index (χ3n) is 6.84. The molecule has 6 heteroatoms. The number of ether oxygens (including phenoxy) is 2. The molecule has 178 valence electrons. The lowest BCUT2D eigenvalue weighted by atomic mass is 9.95. The van der Waals surface area contributed by atoms with Crippen LogP contribution in [0.1, 0.15) is 66.2 Å². The van der Waals surface area contributed by atoms with Gasteiger partial charge in [-0.1, -0.05) is 30.3 Å². The van der Waals surface area contributed by atoms with Crippen molar-refractivity contribution in [2.45, 2.75) is 70.1 Å². The molecule has 2 aromatic rings. The molecule has 0 radical (unpaired) electrons. The van der Waals surface area contributed by atoms with Crippen molar-refractivity contribution < 1.29 is 19.4 Å². The number of hydrogen-bond donors (Lipinski definition) is 1. The Labute approximate surface area is 196 Å². The van der Waals surface area contributed by atoms with E-state index in [1.165, 1.54) is 36.2 Å². The molecule has 1 aliphatic carbocycles. The van der Waals surface area contributed by atoms with Crippen LogP contribution in [0.25, 0.3) is 0 Å². The van der Waals surface area contributed by atoms with Crippen molar-refractivity contribution in [1.29, 1.82) is 0 Å². The zero-order valence-corrected chi connectivity index (χ0v) is 19.7. The molecular weight excluding hydrogens is 416 g/mol. The predicted molar refractivity (Wildman–Crippen MR) is 127 cm³/mol. The van der Waals surface area contributed by atoms with Gasteiger partial charge in [-0.2, -0.15) is 0 Å². The Balaban J connectivity index is 1.23. The fourth-order valence-electron chi connectivity index (χ4n) is 5.12. The third-order valence-corrected chi connectivity index (χ3v) is 6.84. The average Bonchev–Trinajstić information content (AvgIpc) is 3.28. The minimum absolute atomic E-state index is 0.0864. The smallest absolute Gasteiger partial charge is 0.325 e. The average molecular weight is 453 g/mol. The zero-order valence-electron chi connectivity index (χ0n) is 19.7. The maximum absolute atomic E-state index is 12.1. The van der Waals surface area contributed by atoms with Crippen molar-refractivity contribution in [3.63, 3.8) is 0 Å². The van der Waals surface area contributed by atoms with Crippen LogP contribution in [-0.2, 0) is 40.1 Å². The highest BCUT2D eigenvalue weighted by Gasteiger charge is 2.35. The van der Waals surface area contributed by atoms with Crippen LogP contribution < -0.4 is 0 Å². The van der Waals surface area contributed by atoms with Crippen molar-refractivity contribution in [3.8, 4) is 0 Å². The largest absolute Gasteiger partial charge is 0.480 e. The molecule has 2 atom stereocenters. The molecule has 1 unspecified atom stereocenters. The number of benzene rings is 1. The fourth-order valence-corrected chi connectivity index (χ4v) is 5.12. The van der Waals surface area contributed by atoms with Gasteiger partial charge in [0, 0.05) is 38.2 Å². The highest BCUT2D eigenvalue weighted by molar-refractivity contribution is 5.76. The van der Waals surface area contributed by atoms with Crippen molar-refractivity contribution in [3.05, 3.63) is 64.5 Å². The molecule has 1 saturated heterocycles. The van der Waals surface area contributed by atoms with Gasteiger partial charge in [0.1, 0.15) is 6.04 Å². The van der Waals surface area contributed by atoms with E-state index in [4.69, 9.17) is 14.5 Å². The first-order chi connectivity index (χ1) is 16.2. The molecule has 1 N–H and O–H groups in total. The van der Waals surface area contributed by atoms with Gasteiger partial charge in [0.25, 0.3) is 0 Å². The molecule has 0 saturated carbocycles. The number of hydrogen-bond acceptors (Lipinski definition) is 5. The summed E-state index contributed by atoms with van der Waals surface area (Å²) in [5, 5.41) is 9.97. The van der Waals surface area contributed by atoms with Crippen LogP contribution in [0.15, 0.2) is 36.4 Å². The van der Waals surface area contributed by atoms with E-state index in [0.29, 0.717) is 19.8 Å². The highest BCUT2D eigenvalue weighted by atomic mass is 16.5. The van der Waals surface area contributed by atoms with Crippen LogP contribution in [0, 0.1) is 0 Å². The van der Waals surface area contributed by atoms with E-state index in [0.717, 1.165) is 49.8 Å². The van der Waals surface area contributed by atoms with Gasteiger partial charge in [0.15, 0.2) is 0 Å². The third kappa shape index (κ3) is 6.19. The number of aromatic nitrogens is 1. The Hall–Kier alpha value is -2.28. The lowest BCUT2D eigenvalue weighted by Crippen LogP contribution is -2.34. The summed E-state index contributed by atoms with van der Waals surface area (Å²) in [5.41, 5.74) is 5.67. The first-order valence-electron chi connectivity index (χ1n) is 12.3. The van der Waals surface area contributed by atoms with Crippen LogP contribution >= 0.6 is 0 Å². The van der Waals surface area contributed by atoms with Gasteiger partial charge in [0.2, 0.25) is 0 Å². The molecule has 4 rings (SSSR count). The molecule has 1 aliphatic heterocycles. The summed E-state index contributed by atoms with van der Waals surface area (Å²) in [6.45, 7) is 2.49. The Bertz CT molecular complexity index is 932. The summed E-state index contributed by atoms with van der Waals surface area (Å²) in [6, 6.07) is 11.4. The summed E-state index contributed by atoms with van der Waals surface area (Å²) in [7, 11) is 1.63. The molecule has 1 fully saturated rings. The standard InChI is InChI=1S/C27H36N2O4/c1-32-19-21-9-2-4-11-24(21)26(27(30)31)29-16-15-23(18-29)33-17-7-6-10-22-14-13-20-8-3-5-12-25(20)28-22/h2,4,9,11,13-14,23,26H,3,5-8,10,12,15-19H2,1H3,(H,30,31)/t23-,26?/m1/s1. The minimum atomic E-state index is -0.822. The van der Waals surface area contributed by atoms with Gasteiger partial charge < -0.3 is 14.6 Å². The second-order valence-electron chi connectivity index (χ2n) is 9.22. The second kappa shape index (κ2) is 11.7. The second-order valence-corrected chi connectivity index (χ2v) is 9.22. The molecule has 1 aromatic heterocycles. The summed E-state index contributed by atoms with van der Waals surface area (Å²) in [4.78, 5) is 19.0. The van der Waals surface area contributed by atoms with Gasteiger partial charge in [-0.15, -0.1) is 0 Å². The molecule has 0 bridgehead atoms. The number of aliphatic carboxylic acids is 1. The SMILES string of the molecule is COCc1ccccc1C(C(=O)O)N1CC[C@@H](OCCCCc2ccc3c(n2)CCCC3)C1. The van der Waals surface area contributed by atoms with Crippen molar-refractivity contribution in [2.75, 3.05) is 26.8 Å². The molecule has 1 aromatic carbocycles. The number of unbranched alkanes of at least 4 members (excludes halogenated alkanes) is 1. The molecule has 0 amide bonds. The van der Waals surface area contributed by atoms with Gasteiger partial charge in [-0.05, 0) is 74.1 Å². The van der Waals surface area contributed by atoms with Crippen LogP contribution in [0.5, 0.6) is 0 Å². The Morgan fingerprint density at radius 1 is 1.18 bits per heavy atom. The fraction of sp³-hybridized carbons (Fsp3) is 0.556. The minimum Gasteiger partial charge on any atom is -0.480 e. The first-order valence-corrected chi connectivity index (χ1v) is 12.3. The topological polar surface area (TPSA) is 71.9 Å². The maximum Gasteiger partial charge on any atom is 0.325 e. The monoisotopic (exact) mass is 452 g/mol. The predicted octanol–water partition coefficient (Wildman–Crippen LogP) is 4.35. The van der Waals surface area contributed by atoms with E-state index in [-0.39, 0.29) is 6.10 Å². The van der Waals surface area contributed by atoms with Gasteiger partial charge in [-0.3, -0.25) is 14.7 Å². The highest BCUT2D eigenvalue weighted by Crippen LogP contribution is 2.29. The molecule has 0 spiro atoms. The summed E-state index contributed by atoms with van der Waals surface area (Å²) in [6.07, 6.45) is 8.84. The van der Waals surface area contributed by atoms with Gasteiger partial charge >= 0.3 is 5.97 Å². The van der Waals surface area contributed by atoms with E-state index in [1.54, 1.807) is 7.11 Å². The number of likely N-dealkylation sites (tertiary alicyclic amines) is 1. The van der Waals surface area contributed by atoms with Crippen molar-refractivity contribution in [1.82, 2.24) is 9.88 Å². The van der Waals surface area contributed by atoms with Crippen LogP contribution in [0.4, 0.5) is 0 Å². The van der Waals surface area contributed by atoms with E-state index in [2.05, 4.69) is 12.1 Å². The molecule has 33 heavy (non-hydrogen) atoms. The van der Waals surface area contributed by atoms with Gasteiger partial charge in [-0.25, -0.2) is 0 Å². The quantitative estimate of drug-likeness (QED) is 0.511. The number of carbonyl (C=O) groups is 1. The number of carboxylic acid groups (broad SMARTS) is 1. The van der Waals surface area contributed by atoms with Crippen LogP contribution in [-0.4, -0.2) is 53.9 Å². The zero-order chi connectivity index (χ0) is 23.0. The van der Waals surface area contributed by atoms with Gasteiger partial charge in [0.05, 0.1) is 12.7 Å². The normalized spacial score (nSPS) is 19.4. The number of nitrogens with zero attached hydrogens (tertiary/aromatic N) is 2. The van der Waals surface area contributed by atoms with E-state index < -0.39 is 12.0 Å². The number of rotatable bonds is 11. The number of carboxylic acids is 1. The van der Waals surface area contributed by atoms with Crippen molar-refractivity contribution >= 4 is 5.97 Å². The molecular formula is C27H36N2O4. The summed E-state index contributed by atoms with van der Waals surface area (Å²) < 4.78 is 11.4. The molecule has 2 heterocycles. The van der Waals surface area contributed by atoms with Crippen LogP contribution in [0.3, 0.4) is 0 Å². The summed E-state index contributed by atoms with van der Waals surface area (Å²) >= 11 is 0. The van der Waals surface area contributed by atoms with Crippen LogP contribution in [0.2, 0.25) is 0 Å². The van der Waals surface area contributed by atoms with Crippen molar-refractivity contribution in [2.24, 2.45) is 0 Å². The molecule has 2 aliphatic rings. The molecule has 6 nitrogen and oxygen atoms in total. The lowest BCUT2D eigenvalue weighted by molar-refractivity contribution is -0.143. The Morgan fingerprint density at radius 2 is 2.03 bits per heavy atom.